The van der Waals surface area contributed by atoms with Gasteiger partial charge in [-0.2, -0.15) is 0 Å². The van der Waals surface area contributed by atoms with Crippen LogP contribution in [0.2, 0.25) is 0 Å². The summed E-state index contributed by atoms with van der Waals surface area (Å²) in [5, 5.41) is 7.16. The molecule has 0 radical (unpaired) electrons. The number of carbonyl (C=O) groups excluding carboxylic acids is 3. The Morgan fingerprint density at radius 1 is 1.38 bits per heavy atom. The van der Waals surface area contributed by atoms with Crippen molar-refractivity contribution in [2.45, 2.75) is 20.0 Å². The Labute approximate surface area is 146 Å². The first-order valence-electron chi connectivity index (χ1n) is 6.86. The van der Waals surface area contributed by atoms with E-state index in [1.165, 1.54) is 36.5 Å². The fourth-order valence-corrected chi connectivity index (χ4v) is 3.07. The minimum Gasteiger partial charge on any atom is -0.449 e. The van der Waals surface area contributed by atoms with Gasteiger partial charge in [-0.25, -0.2) is 9.78 Å². The van der Waals surface area contributed by atoms with E-state index in [0.29, 0.717) is 10.7 Å². The second-order valence-electron chi connectivity index (χ2n) is 4.72. The highest BCUT2D eigenvalue weighted by atomic mass is 32.1. The number of hydrogen-bond donors (Lipinski definition) is 2. The lowest BCUT2D eigenvalue weighted by Gasteiger charge is -2.11. The van der Waals surface area contributed by atoms with Crippen LogP contribution in [0, 0.1) is 6.92 Å². The van der Waals surface area contributed by atoms with E-state index < -0.39 is 23.9 Å². The van der Waals surface area contributed by atoms with Crippen molar-refractivity contribution < 1.29 is 19.1 Å². The number of anilines is 1. The van der Waals surface area contributed by atoms with Gasteiger partial charge in [0.05, 0.1) is 16.3 Å². The second kappa shape index (κ2) is 7.84. The number of hydrogen-bond acceptors (Lipinski definition) is 7. The topological polar surface area (TPSA) is 111 Å². The van der Waals surface area contributed by atoms with Crippen molar-refractivity contribution in [2.75, 3.05) is 5.32 Å². The third-order valence-corrected chi connectivity index (χ3v) is 4.48. The van der Waals surface area contributed by atoms with Crippen molar-refractivity contribution in [3.63, 3.8) is 0 Å². The average molecular weight is 365 g/mol. The number of aryl methyl sites for hydroxylation is 1. The maximum Gasteiger partial charge on any atom is 0.331 e. The molecule has 0 saturated heterocycles. The van der Waals surface area contributed by atoms with Crippen molar-refractivity contribution in [2.24, 2.45) is 5.73 Å². The molecule has 0 spiro atoms. The van der Waals surface area contributed by atoms with E-state index in [2.05, 4.69) is 10.3 Å². The first-order chi connectivity index (χ1) is 11.4. The third kappa shape index (κ3) is 4.74. The number of esters is 1. The molecule has 24 heavy (non-hydrogen) atoms. The van der Waals surface area contributed by atoms with Crippen molar-refractivity contribution in [3.05, 3.63) is 39.2 Å². The summed E-state index contributed by atoms with van der Waals surface area (Å²) in [6.45, 7) is 3.29. The lowest BCUT2D eigenvalue weighted by atomic mass is 10.3. The Hall–Kier alpha value is -2.52. The molecule has 0 saturated carbocycles. The van der Waals surface area contributed by atoms with Gasteiger partial charge in [-0.15, -0.1) is 22.7 Å². The van der Waals surface area contributed by atoms with Gasteiger partial charge in [-0.05, 0) is 31.4 Å². The van der Waals surface area contributed by atoms with Gasteiger partial charge in [-0.1, -0.05) is 0 Å². The summed E-state index contributed by atoms with van der Waals surface area (Å²) in [7, 11) is 0. The van der Waals surface area contributed by atoms with Crippen LogP contribution >= 0.6 is 22.7 Å². The van der Waals surface area contributed by atoms with Gasteiger partial charge < -0.3 is 15.8 Å². The molecular formula is C15H15N3O4S2. The summed E-state index contributed by atoms with van der Waals surface area (Å²) in [6, 6.07) is 1.51. The van der Waals surface area contributed by atoms with Gasteiger partial charge in [0.15, 0.2) is 6.10 Å². The molecule has 9 heteroatoms. The van der Waals surface area contributed by atoms with Crippen molar-refractivity contribution in [1.82, 2.24) is 4.98 Å². The number of amides is 2. The number of nitrogens with one attached hydrogen (secondary N) is 1. The predicted molar refractivity (Wildman–Crippen MR) is 92.9 cm³/mol. The summed E-state index contributed by atoms with van der Waals surface area (Å²) in [5.74, 6) is -1.85. The minimum absolute atomic E-state index is 0.214. The first-order valence-corrected chi connectivity index (χ1v) is 8.61. The average Bonchev–Trinajstić information content (AvgIpc) is 3.14. The molecule has 1 unspecified atom stereocenters. The number of primary amides is 1. The summed E-state index contributed by atoms with van der Waals surface area (Å²) in [5.41, 5.74) is 6.07. The van der Waals surface area contributed by atoms with E-state index >= 15 is 0 Å². The van der Waals surface area contributed by atoms with Crippen LogP contribution in [0.3, 0.4) is 0 Å². The number of thiophene rings is 1. The lowest BCUT2D eigenvalue weighted by Crippen LogP contribution is -2.29. The van der Waals surface area contributed by atoms with Crippen LogP contribution in [0.15, 0.2) is 22.9 Å². The van der Waals surface area contributed by atoms with Crippen LogP contribution in [-0.2, 0) is 14.3 Å². The SMILES string of the molecule is Cc1nc(/C=C/C(=O)OC(C)C(=O)Nc2sccc2C(N)=O)cs1. The van der Waals surface area contributed by atoms with E-state index in [1.54, 1.807) is 10.8 Å². The minimum atomic E-state index is -1.03. The summed E-state index contributed by atoms with van der Waals surface area (Å²) >= 11 is 2.62. The fraction of sp³-hybridized carbons (Fsp3) is 0.200. The number of thiazole rings is 1. The normalized spacial score (nSPS) is 12.1. The van der Waals surface area contributed by atoms with Crippen LogP contribution in [0.4, 0.5) is 5.00 Å². The van der Waals surface area contributed by atoms with Crippen LogP contribution in [0.25, 0.3) is 6.08 Å². The zero-order chi connectivity index (χ0) is 17.7. The Morgan fingerprint density at radius 3 is 2.75 bits per heavy atom. The van der Waals surface area contributed by atoms with Crippen LogP contribution in [-0.4, -0.2) is 28.9 Å². The number of carbonyl (C=O) groups is 3. The van der Waals surface area contributed by atoms with E-state index in [0.717, 1.165) is 16.3 Å². The standard InChI is InChI=1S/C15H15N3O4S2/c1-8(14(21)18-15-11(13(16)20)5-6-23-15)22-12(19)4-3-10-7-24-9(2)17-10/h3-8H,1-2H3,(H2,16,20)(H,18,21)/b4-3+. The van der Waals surface area contributed by atoms with Crippen molar-refractivity contribution >= 4 is 51.5 Å². The molecule has 0 aliphatic rings. The van der Waals surface area contributed by atoms with Gasteiger partial charge >= 0.3 is 5.97 Å². The molecule has 1 atom stereocenters. The maximum absolute atomic E-state index is 12.0. The molecule has 0 bridgehead atoms. The molecule has 2 heterocycles. The first kappa shape index (κ1) is 17.8. The molecule has 0 aliphatic carbocycles. The van der Waals surface area contributed by atoms with E-state index in [9.17, 15) is 14.4 Å². The van der Waals surface area contributed by atoms with E-state index in [-0.39, 0.29) is 5.56 Å². The second-order valence-corrected chi connectivity index (χ2v) is 6.70. The van der Waals surface area contributed by atoms with Crippen molar-refractivity contribution in [3.8, 4) is 0 Å². The van der Waals surface area contributed by atoms with Crippen LogP contribution < -0.4 is 11.1 Å². The molecule has 2 aromatic heterocycles. The Bertz CT molecular complexity index is 794. The van der Waals surface area contributed by atoms with Crippen molar-refractivity contribution in [1.29, 1.82) is 0 Å². The summed E-state index contributed by atoms with van der Waals surface area (Å²) in [6.07, 6.45) is 1.70. The third-order valence-electron chi connectivity index (χ3n) is 2.86. The number of aromatic nitrogens is 1. The Balaban J connectivity index is 1.91. The Morgan fingerprint density at radius 2 is 2.12 bits per heavy atom. The maximum atomic E-state index is 12.0. The number of nitrogens with zero attached hydrogens (tertiary/aromatic N) is 1. The largest absolute Gasteiger partial charge is 0.449 e. The quantitative estimate of drug-likeness (QED) is 0.602. The van der Waals surface area contributed by atoms with Gasteiger partial charge in [-0.3, -0.25) is 9.59 Å². The highest BCUT2D eigenvalue weighted by Crippen LogP contribution is 2.23. The monoisotopic (exact) mass is 365 g/mol. The zero-order valence-corrected chi connectivity index (χ0v) is 14.6. The molecule has 7 nitrogen and oxygen atoms in total. The van der Waals surface area contributed by atoms with Gasteiger partial charge in [0.2, 0.25) is 0 Å². The molecule has 0 aliphatic heterocycles. The van der Waals surface area contributed by atoms with Gasteiger partial charge in [0, 0.05) is 11.5 Å². The number of ether oxygens (including phenoxy) is 1. The summed E-state index contributed by atoms with van der Waals surface area (Å²) in [4.78, 5) is 39.1. The lowest BCUT2D eigenvalue weighted by molar-refractivity contribution is -0.148. The molecule has 0 fully saturated rings. The summed E-state index contributed by atoms with van der Waals surface area (Å²) < 4.78 is 5.02. The smallest absolute Gasteiger partial charge is 0.331 e. The molecule has 2 amide bonds. The van der Waals surface area contributed by atoms with Gasteiger partial charge in [0.25, 0.3) is 11.8 Å². The fourth-order valence-electron chi connectivity index (χ4n) is 1.69. The van der Waals surface area contributed by atoms with Crippen LogP contribution in [0.5, 0.6) is 0 Å². The zero-order valence-electron chi connectivity index (χ0n) is 12.9. The van der Waals surface area contributed by atoms with E-state index in [1.807, 2.05) is 6.92 Å². The highest BCUT2D eigenvalue weighted by molar-refractivity contribution is 7.14. The van der Waals surface area contributed by atoms with Gasteiger partial charge in [0.1, 0.15) is 5.00 Å². The molecule has 0 aromatic carbocycles. The number of nitrogens with two attached hydrogens (primary N) is 1. The molecule has 3 N–H and O–H groups in total. The molecule has 126 valence electrons. The highest BCUT2D eigenvalue weighted by Gasteiger charge is 2.19. The Kier molecular flexibility index (Phi) is 5.83. The molecule has 2 rings (SSSR count). The molecule has 2 aromatic rings. The molecular weight excluding hydrogens is 350 g/mol. The van der Waals surface area contributed by atoms with E-state index in [4.69, 9.17) is 10.5 Å². The number of rotatable bonds is 6. The predicted octanol–water partition coefficient (Wildman–Crippen LogP) is 2.20. The van der Waals surface area contributed by atoms with Crippen LogP contribution in [0.1, 0.15) is 28.0 Å².